The van der Waals surface area contributed by atoms with Gasteiger partial charge in [0.25, 0.3) is 5.69 Å². The van der Waals surface area contributed by atoms with Crippen molar-refractivity contribution in [3.63, 3.8) is 0 Å². The number of halogens is 1. The van der Waals surface area contributed by atoms with Crippen LogP contribution in [-0.4, -0.2) is 17.5 Å². The second kappa shape index (κ2) is 6.73. The monoisotopic (exact) mass is 314 g/mol. The molecule has 1 rings (SSSR count). The molecule has 0 aromatic heterocycles. The summed E-state index contributed by atoms with van der Waals surface area (Å²) in [6.07, 6.45) is 1.05. The summed E-state index contributed by atoms with van der Waals surface area (Å²) in [6, 6.07) is 5.76. The van der Waals surface area contributed by atoms with Crippen molar-refractivity contribution in [3.05, 3.63) is 33.9 Å². The van der Waals surface area contributed by atoms with Crippen LogP contribution in [0.5, 0.6) is 0 Å². The summed E-state index contributed by atoms with van der Waals surface area (Å²) in [5.41, 5.74) is 1.95. The largest absolute Gasteiger partial charge is 0.369 e. The van der Waals surface area contributed by atoms with Crippen LogP contribution in [0, 0.1) is 10.1 Å². The molecule has 0 saturated heterocycles. The highest BCUT2D eigenvalue weighted by Crippen LogP contribution is 2.28. The maximum absolute atomic E-state index is 10.9. The molecule has 0 aliphatic carbocycles. The maximum atomic E-state index is 10.9. The normalized spacial score (nSPS) is 12.2. The zero-order chi connectivity index (χ0) is 13.7. The van der Waals surface area contributed by atoms with Crippen LogP contribution >= 0.6 is 15.9 Å². The minimum atomic E-state index is -0.333. The first-order chi connectivity index (χ1) is 8.54. The maximum Gasteiger partial charge on any atom is 0.273 e. The van der Waals surface area contributed by atoms with Gasteiger partial charge in [-0.1, -0.05) is 22.9 Å². The van der Waals surface area contributed by atoms with E-state index in [9.17, 15) is 10.1 Å². The number of rotatable bonds is 6. The predicted molar refractivity (Wildman–Crippen MR) is 78.5 cm³/mol. The third kappa shape index (κ3) is 3.22. The molecule has 1 atom stereocenters. The van der Waals surface area contributed by atoms with Gasteiger partial charge in [-0.2, -0.15) is 0 Å². The van der Waals surface area contributed by atoms with Crippen LogP contribution in [0.4, 0.5) is 11.4 Å². The average Bonchev–Trinajstić information content (AvgIpc) is 2.38. The molecule has 0 aliphatic rings. The summed E-state index contributed by atoms with van der Waals surface area (Å²) in [5.74, 6) is 0. The van der Waals surface area contributed by atoms with Gasteiger partial charge in [0.1, 0.15) is 0 Å². The lowest BCUT2D eigenvalue weighted by Crippen LogP contribution is -2.32. The molecular weight excluding hydrogens is 296 g/mol. The molecule has 0 bridgehead atoms. The molecule has 0 aliphatic heterocycles. The molecule has 1 aromatic carbocycles. The van der Waals surface area contributed by atoms with E-state index in [2.05, 4.69) is 41.6 Å². The molecule has 1 aromatic rings. The first kappa shape index (κ1) is 15.0. The van der Waals surface area contributed by atoms with Crippen molar-refractivity contribution in [2.45, 2.75) is 38.6 Å². The number of benzene rings is 1. The quantitative estimate of drug-likeness (QED) is 0.451. The van der Waals surface area contributed by atoms with Crippen LogP contribution in [0.15, 0.2) is 18.2 Å². The van der Waals surface area contributed by atoms with E-state index in [0.717, 1.165) is 24.2 Å². The molecule has 1 unspecified atom stereocenters. The van der Waals surface area contributed by atoms with Crippen molar-refractivity contribution < 1.29 is 4.92 Å². The highest BCUT2D eigenvalue weighted by molar-refractivity contribution is 9.08. The minimum Gasteiger partial charge on any atom is -0.369 e. The van der Waals surface area contributed by atoms with Crippen LogP contribution in [0.2, 0.25) is 0 Å². The summed E-state index contributed by atoms with van der Waals surface area (Å²) >= 11 is 3.31. The minimum absolute atomic E-state index is 0.177. The van der Waals surface area contributed by atoms with Gasteiger partial charge >= 0.3 is 0 Å². The van der Waals surface area contributed by atoms with Crippen molar-refractivity contribution in [2.24, 2.45) is 0 Å². The number of nitro groups is 1. The molecule has 0 N–H and O–H groups in total. The van der Waals surface area contributed by atoms with Crippen LogP contribution in [0.3, 0.4) is 0 Å². The Bertz CT molecular complexity index is 423. The van der Waals surface area contributed by atoms with Crippen LogP contribution in [0.25, 0.3) is 0 Å². The lowest BCUT2D eigenvalue weighted by molar-refractivity contribution is -0.385. The van der Waals surface area contributed by atoms with Gasteiger partial charge in [-0.3, -0.25) is 10.1 Å². The van der Waals surface area contributed by atoms with Crippen molar-refractivity contribution in [3.8, 4) is 0 Å². The van der Waals surface area contributed by atoms with Crippen molar-refractivity contribution in [1.82, 2.24) is 0 Å². The molecule has 18 heavy (non-hydrogen) atoms. The zero-order valence-electron chi connectivity index (χ0n) is 11.0. The van der Waals surface area contributed by atoms with Gasteiger partial charge in [0, 0.05) is 35.2 Å². The Hall–Kier alpha value is -1.10. The fourth-order valence-corrected chi connectivity index (χ4v) is 2.45. The summed E-state index contributed by atoms with van der Waals surface area (Å²) < 4.78 is 0. The molecule has 5 heteroatoms. The molecule has 0 heterocycles. The SMILES string of the molecule is CCC(C)N(CC)c1ccc([N+](=O)[O-])c(CBr)c1. The molecule has 100 valence electrons. The third-order valence-corrected chi connectivity index (χ3v) is 3.80. The third-order valence-electron chi connectivity index (χ3n) is 3.20. The second-order valence-electron chi connectivity index (χ2n) is 4.25. The first-order valence-corrected chi connectivity index (χ1v) is 7.27. The van der Waals surface area contributed by atoms with Crippen molar-refractivity contribution >= 4 is 27.3 Å². The number of hydrogen-bond acceptors (Lipinski definition) is 3. The van der Waals surface area contributed by atoms with Gasteiger partial charge in [0.2, 0.25) is 0 Å². The molecular formula is C13H19BrN2O2. The Morgan fingerprint density at radius 3 is 2.56 bits per heavy atom. The highest BCUT2D eigenvalue weighted by atomic mass is 79.9. The average molecular weight is 315 g/mol. The predicted octanol–water partition coefficient (Wildman–Crippen LogP) is 4.11. The number of alkyl halides is 1. The summed E-state index contributed by atoms with van der Waals surface area (Å²) in [7, 11) is 0. The Morgan fingerprint density at radius 2 is 2.11 bits per heavy atom. The van der Waals surface area contributed by atoms with E-state index in [0.29, 0.717) is 11.4 Å². The van der Waals surface area contributed by atoms with E-state index in [1.165, 1.54) is 0 Å². The number of hydrogen-bond donors (Lipinski definition) is 0. The van der Waals surface area contributed by atoms with E-state index in [-0.39, 0.29) is 10.6 Å². The van der Waals surface area contributed by atoms with E-state index < -0.39 is 0 Å². The van der Waals surface area contributed by atoms with E-state index in [1.54, 1.807) is 6.07 Å². The Balaban J connectivity index is 3.14. The van der Waals surface area contributed by atoms with Gasteiger partial charge in [-0.05, 0) is 32.4 Å². The van der Waals surface area contributed by atoms with Crippen LogP contribution in [-0.2, 0) is 5.33 Å². The molecule has 0 radical (unpaired) electrons. The summed E-state index contributed by atoms with van der Waals surface area (Å²) in [4.78, 5) is 12.8. The second-order valence-corrected chi connectivity index (χ2v) is 4.81. The Morgan fingerprint density at radius 1 is 1.44 bits per heavy atom. The van der Waals surface area contributed by atoms with Gasteiger partial charge in [0.15, 0.2) is 0 Å². The lowest BCUT2D eigenvalue weighted by atomic mass is 10.1. The molecule has 4 nitrogen and oxygen atoms in total. The first-order valence-electron chi connectivity index (χ1n) is 6.15. The van der Waals surface area contributed by atoms with Crippen molar-refractivity contribution in [1.29, 1.82) is 0 Å². The molecule has 0 fully saturated rings. The summed E-state index contributed by atoms with van der Waals surface area (Å²) in [6.45, 7) is 7.30. The van der Waals surface area contributed by atoms with Gasteiger partial charge in [-0.25, -0.2) is 0 Å². The van der Waals surface area contributed by atoms with Crippen LogP contribution in [0.1, 0.15) is 32.8 Å². The number of anilines is 1. The fourth-order valence-electron chi connectivity index (χ4n) is 2.00. The summed E-state index contributed by atoms with van der Waals surface area (Å²) in [5, 5.41) is 11.4. The number of nitro benzene ring substituents is 1. The van der Waals surface area contributed by atoms with Gasteiger partial charge < -0.3 is 4.90 Å². The fraction of sp³-hybridized carbons (Fsp3) is 0.538. The highest BCUT2D eigenvalue weighted by Gasteiger charge is 2.17. The van der Waals surface area contributed by atoms with Gasteiger partial charge in [0.05, 0.1) is 4.92 Å². The van der Waals surface area contributed by atoms with E-state index in [4.69, 9.17) is 0 Å². The topological polar surface area (TPSA) is 46.4 Å². The lowest BCUT2D eigenvalue weighted by Gasteiger charge is -2.29. The number of nitrogens with zero attached hydrogens (tertiary/aromatic N) is 2. The standard InChI is InChI=1S/C13H19BrN2O2/c1-4-10(3)15(5-2)12-6-7-13(16(17)18)11(8-12)9-14/h6-8,10H,4-5,9H2,1-3H3. The Labute approximate surface area is 116 Å². The smallest absolute Gasteiger partial charge is 0.273 e. The Kier molecular flexibility index (Phi) is 5.59. The van der Waals surface area contributed by atoms with E-state index in [1.807, 2.05) is 12.1 Å². The molecule has 0 spiro atoms. The van der Waals surface area contributed by atoms with Gasteiger partial charge in [-0.15, -0.1) is 0 Å². The zero-order valence-corrected chi connectivity index (χ0v) is 12.6. The van der Waals surface area contributed by atoms with E-state index >= 15 is 0 Å². The molecule has 0 amide bonds. The molecule has 0 saturated carbocycles. The van der Waals surface area contributed by atoms with Crippen molar-refractivity contribution in [2.75, 3.05) is 11.4 Å². The van der Waals surface area contributed by atoms with Crippen LogP contribution < -0.4 is 4.90 Å².